The summed E-state index contributed by atoms with van der Waals surface area (Å²) in [7, 11) is -0.326. The molecule has 2 aromatic carbocycles. The molecule has 7 heteroatoms. The molecular formula is C16H15O4PSe2. The molecule has 3 aromatic rings. The fraction of sp³-hybridized carbons (Fsp3) is 0. The zero-order valence-electron chi connectivity index (χ0n) is 12.0. The van der Waals surface area contributed by atoms with Gasteiger partial charge >= 0.3 is 144 Å². The molecule has 120 valence electrons. The second-order valence-electron chi connectivity index (χ2n) is 4.41. The number of hydrogen-bond acceptors (Lipinski definition) is 2. The summed E-state index contributed by atoms with van der Waals surface area (Å²) in [5, 5.41) is 2.91. The van der Waals surface area contributed by atoms with Crippen molar-refractivity contribution in [2.45, 2.75) is 0 Å². The molecule has 4 nitrogen and oxygen atoms in total. The third-order valence-corrected chi connectivity index (χ3v) is 8.08. The fourth-order valence-corrected chi connectivity index (χ4v) is 7.30. The van der Waals surface area contributed by atoms with E-state index in [1.165, 1.54) is 10.6 Å². The molecule has 0 fully saturated rings. The molecule has 0 aliphatic heterocycles. The molecule has 3 rings (SSSR count). The molecule has 0 spiro atoms. The first-order chi connectivity index (χ1) is 10.9. The van der Waals surface area contributed by atoms with Gasteiger partial charge in [-0.25, -0.2) is 0 Å². The van der Waals surface area contributed by atoms with Crippen molar-refractivity contribution in [3.8, 4) is 0 Å². The van der Waals surface area contributed by atoms with Gasteiger partial charge in [0.15, 0.2) is 0 Å². The van der Waals surface area contributed by atoms with Gasteiger partial charge in [-0.1, -0.05) is 0 Å². The van der Waals surface area contributed by atoms with E-state index in [1.807, 2.05) is 0 Å². The zero-order valence-corrected chi connectivity index (χ0v) is 16.3. The van der Waals surface area contributed by atoms with E-state index in [4.69, 9.17) is 16.0 Å². The fourth-order valence-electron chi connectivity index (χ4n) is 1.95. The molecule has 0 saturated carbocycles. The van der Waals surface area contributed by atoms with Crippen molar-refractivity contribution in [1.29, 1.82) is 0 Å². The molecule has 0 bridgehead atoms. The molecule has 1 aromatic heterocycles. The zero-order chi connectivity index (χ0) is 16.7. The Hall–Kier alpha value is -1.09. The van der Waals surface area contributed by atoms with Crippen LogP contribution in [0.3, 0.4) is 0 Å². The molecule has 1 heterocycles. The first-order valence-electron chi connectivity index (χ1n) is 6.59. The van der Waals surface area contributed by atoms with Crippen LogP contribution in [-0.4, -0.2) is 36.2 Å². The Labute approximate surface area is 144 Å². The van der Waals surface area contributed by atoms with Crippen LogP contribution in [0, 0.1) is 0 Å². The average molecular weight is 460 g/mol. The molecule has 0 aliphatic rings. The van der Waals surface area contributed by atoms with Gasteiger partial charge in [0.1, 0.15) is 0 Å². The van der Waals surface area contributed by atoms with E-state index >= 15 is 0 Å². The topological polar surface area (TPSA) is 74.6 Å². The number of benzene rings is 2. The van der Waals surface area contributed by atoms with Gasteiger partial charge in [0.25, 0.3) is 0 Å². The van der Waals surface area contributed by atoms with E-state index in [2.05, 4.69) is 77.7 Å². The molecule has 2 N–H and O–H groups in total. The van der Waals surface area contributed by atoms with Gasteiger partial charge in [-0.3, -0.25) is 0 Å². The first kappa shape index (κ1) is 18.3. The Kier molecular flexibility index (Phi) is 6.88. The number of rotatable bonds is 3. The molecule has 0 amide bonds. The molecule has 0 unspecified atom stereocenters. The van der Waals surface area contributed by atoms with Crippen LogP contribution >= 0.6 is 7.92 Å². The van der Waals surface area contributed by atoms with Crippen LogP contribution in [0.15, 0.2) is 77.7 Å². The van der Waals surface area contributed by atoms with Gasteiger partial charge in [-0.05, 0) is 0 Å². The van der Waals surface area contributed by atoms with Crippen molar-refractivity contribution in [2.75, 3.05) is 0 Å². The van der Waals surface area contributed by atoms with Crippen molar-refractivity contribution in [1.82, 2.24) is 0 Å². The van der Waals surface area contributed by atoms with Crippen molar-refractivity contribution in [3.63, 3.8) is 0 Å². The van der Waals surface area contributed by atoms with Gasteiger partial charge in [0, 0.05) is 0 Å². The maximum atomic E-state index is 8.82. The van der Waals surface area contributed by atoms with Crippen LogP contribution in [0.2, 0.25) is 0 Å². The van der Waals surface area contributed by atoms with E-state index in [0.717, 1.165) is 0 Å². The second-order valence-corrected chi connectivity index (χ2v) is 11.1. The Bertz CT molecular complexity index is 756. The summed E-state index contributed by atoms with van der Waals surface area (Å²) in [6, 6.07) is 26.3. The summed E-state index contributed by atoms with van der Waals surface area (Å²) in [4.78, 5) is 2.31. The minimum atomic E-state index is -5.25. The molecule has 0 saturated heterocycles. The van der Waals surface area contributed by atoms with Crippen LogP contribution < -0.4 is 14.8 Å². The summed E-state index contributed by atoms with van der Waals surface area (Å²) in [6.07, 6.45) is 0. The van der Waals surface area contributed by atoms with Crippen LogP contribution in [0.25, 0.3) is 0 Å². The van der Waals surface area contributed by atoms with Crippen molar-refractivity contribution >= 4 is 50.6 Å². The van der Waals surface area contributed by atoms with Crippen LogP contribution in [0.5, 0.6) is 0 Å². The number of hydrogen-bond donors (Lipinski definition) is 2. The Morgan fingerprint density at radius 1 is 0.739 bits per heavy atom. The Balaban J connectivity index is 0.000000338. The molecular weight excluding hydrogens is 445 g/mol. The summed E-state index contributed by atoms with van der Waals surface area (Å²) < 4.78 is 33.5. The summed E-state index contributed by atoms with van der Waals surface area (Å²) in [5.74, 6) is 0. The van der Waals surface area contributed by atoms with E-state index in [-0.39, 0.29) is 7.92 Å². The van der Waals surface area contributed by atoms with E-state index in [1.54, 1.807) is 4.18 Å². The van der Waals surface area contributed by atoms with Crippen LogP contribution in [-0.2, 0) is 7.67 Å². The Morgan fingerprint density at radius 3 is 1.52 bits per heavy atom. The molecule has 23 heavy (non-hydrogen) atoms. The predicted molar refractivity (Wildman–Crippen MR) is 93.7 cm³/mol. The van der Waals surface area contributed by atoms with E-state index < -0.39 is 13.4 Å². The Morgan fingerprint density at radius 2 is 1.17 bits per heavy atom. The van der Waals surface area contributed by atoms with E-state index in [0.29, 0.717) is 14.5 Å². The summed E-state index contributed by atoms with van der Waals surface area (Å²) >= 11 is -4.72. The van der Waals surface area contributed by atoms with Gasteiger partial charge < -0.3 is 0 Å². The van der Waals surface area contributed by atoms with Crippen LogP contribution in [0.1, 0.15) is 0 Å². The third-order valence-electron chi connectivity index (χ3n) is 2.76. The van der Waals surface area contributed by atoms with Crippen molar-refractivity contribution in [2.24, 2.45) is 0 Å². The first-order valence-corrected chi connectivity index (χ1v) is 12.7. The predicted octanol–water partition coefficient (Wildman–Crippen LogP) is 0.769. The quantitative estimate of drug-likeness (QED) is 0.448. The summed E-state index contributed by atoms with van der Waals surface area (Å²) in [6.45, 7) is 0. The van der Waals surface area contributed by atoms with Gasteiger partial charge in [0.2, 0.25) is 0 Å². The second kappa shape index (κ2) is 8.67. The standard InChI is InChI=1S/C16H13PSe.H2O4Se/c1-3-8-14(9-4-1)17(16-12-7-13-18-16)15-10-5-2-6-11-15;1-5(2,3)4/h1-13H;(H2,1,2,3,4). The SMILES string of the molecule is O=[Se](=O)(O)O.c1ccc(P(c2ccccc2)c2ccc[se]2)cc1. The van der Waals surface area contributed by atoms with Gasteiger partial charge in [-0.2, -0.15) is 0 Å². The average Bonchev–Trinajstić information content (AvgIpc) is 3.02. The van der Waals surface area contributed by atoms with E-state index in [9.17, 15) is 0 Å². The van der Waals surface area contributed by atoms with Gasteiger partial charge in [0.05, 0.1) is 0 Å². The summed E-state index contributed by atoms with van der Waals surface area (Å²) in [5.41, 5.74) is 0. The minimum absolute atomic E-state index is 0.326. The third kappa shape index (κ3) is 6.50. The van der Waals surface area contributed by atoms with Crippen molar-refractivity contribution < 1.29 is 16.0 Å². The molecule has 0 atom stereocenters. The monoisotopic (exact) mass is 462 g/mol. The van der Waals surface area contributed by atoms with Crippen LogP contribution in [0.4, 0.5) is 0 Å². The normalized spacial score (nSPS) is 10.9. The van der Waals surface area contributed by atoms with Gasteiger partial charge in [-0.15, -0.1) is 0 Å². The molecule has 0 radical (unpaired) electrons. The maximum absolute atomic E-state index is 8.82. The molecule has 0 aliphatic carbocycles. The van der Waals surface area contributed by atoms with Crippen molar-refractivity contribution in [3.05, 3.63) is 77.7 Å².